The molecule has 0 spiro atoms. The van der Waals surface area contributed by atoms with Crippen molar-refractivity contribution in [1.29, 1.82) is 5.26 Å². The number of carbonyl (C=O) groups excluding carboxylic acids is 1. The van der Waals surface area contributed by atoms with E-state index in [1.54, 1.807) is 24.3 Å². The topological polar surface area (TPSA) is 59.3 Å². The molecule has 0 radical (unpaired) electrons. The van der Waals surface area contributed by atoms with Crippen LogP contribution in [0.4, 0.5) is 0 Å². The van der Waals surface area contributed by atoms with E-state index in [1.807, 2.05) is 37.3 Å². The molecule has 0 saturated heterocycles. The summed E-state index contributed by atoms with van der Waals surface area (Å²) in [5.41, 5.74) is 1.84. The number of nitrogens with zero attached hydrogens (tertiary/aromatic N) is 1. The van der Waals surface area contributed by atoms with Gasteiger partial charge in [-0.25, -0.2) is 4.79 Å². The van der Waals surface area contributed by atoms with E-state index in [9.17, 15) is 10.1 Å². The highest BCUT2D eigenvalue weighted by Gasteiger charge is 2.15. The van der Waals surface area contributed by atoms with Crippen molar-refractivity contribution in [3.63, 3.8) is 0 Å². The maximum absolute atomic E-state index is 12.3. The lowest BCUT2D eigenvalue weighted by atomic mass is 9.87. The van der Waals surface area contributed by atoms with Gasteiger partial charge in [0, 0.05) is 0 Å². The highest BCUT2D eigenvalue weighted by Crippen LogP contribution is 2.24. The van der Waals surface area contributed by atoms with E-state index >= 15 is 0 Å². The van der Waals surface area contributed by atoms with Crippen LogP contribution in [0.3, 0.4) is 0 Å². The second-order valence-corrected chi connectivity index (χ2v) is 7.25. The summed E-state index contributed by atoms with van der Waals surface area (Å²) in [6.45, 7) is 9.03. The molecule has 2 aromatic carbocycles. The SMILES string of the molecule is CCCOc1ccc(/C=C(\C#N)C(=O)Oc2ccc(C(C)(C)C)cc2)cc1. The summed E-state index contributed by atoms with van der Waals surface area (Å²) in [6, 6.07) is 16.5. The molecule has 0 atom stereocenters. The lowest BCUT2D eigenvalue weighted by Gasteiger charge is -2.18. The molecule has 0 saturated carbocycles. The molecule has 0 N–H and O–H groups in total. The molecule has 4 nitrogen and oxygen atoms in total. The number of carbonyl (C=O) groups is 1. The largest absolute Gasteiger partial charge is 0.494 e. The fraction of sp³-hybridized carbons (Fsp3) is 0.304. The van der Waals surface area contributed by atoms with Gasteiger partial charge in [0.05, 0.1) is 6.61 Å². The Bertz CT molecular complexity index is 835. The van der Waals surface area contributed by atoms with Gasteiger partial charge in [-0.1, -0.05) is 52.0 Å². The minimum Gasteiger partial charge on any atom is -0.494 e. The smallest absolute Gasteiger partial charge is 0.354 e. The summed E-state index contributed by atoms with van der Waals surface area (Å²) in [4.78, 5) is 12.3. The summed E-state index contributed by atoms with van der Waals surface area (Å²) in [5.74, 6) is 0.499. The Morgan fingerprint density at radius 1 is 1.04 bits per heavy atom. The minimum atomic E-state index is -0.674. The molecule has 2 rings (SSSR count). The van der Waals surface area contributed by atoms with Gasteiger partial charge in [-0.05, 0) is 53.3 Å². The first-order chi connectivity index (χ1) is 12.8. The van der Waals surface area contributed by atoms with E-state index < -0.39 is 5.97 Å². The summed E-state index contributed by atoms with van der Waals surface area (Å²) in [7, 11) is 0. The third-order valence-corrected chi connectivity index (χ3v) is 3.94. The van der Waals surface area contributed by atoms with Gasteiger partial charge in [-0.2, -0.15) is 5.26 Å². The first-order valence-corrected chi connectivity index (χ1v) is 9.01. The van der Waals surface area contributed by atoms with Crippen LogP contribution >= 0.6 is 0 Å². The molecule has 0 aliphatic heterocycles. The Hall–Kier alpha value is -3.06. The van der Waals surface area contributed by atoms with Gasteiger partial charge in [-0.3, -0.25) is 0 Å². The molecular formula is C23H25NO3. The van der Waals surface area contributed by atoms with Gasteiger partial charge in [0.1, 0.15) is 23.1 Å². The number of esters is 1. The van der Waals surface area contributed by atoms with Crippen molar-refractivity contribution in [2.45, 2.75) is 39.5 Å². The van der Waals surface area contributed by atoms with E-state index in [0.29, 0.717) is 12.4 Å². The summed E-state index contributed by atoms with van der Waals surface area (Å²) < 4.78 is 10.9. The Labute approximate surface area is 161 Å². The van der Waals surface area contributed by atoms with Crippen LogP contribution in [0.15, 0.2) is 54.1 Å². The zero-order valence-corrected chi connectivity index (χ0v) is 16.3. The molecule has 4 heteroatoms. The fourth-order valence-corrected chi connectivity index (χ4v) is 2.37. The molecule has 0 heterocycles. The lowest BCUT2D eigenvalue weighted by Crippen LogP contribution is -2.12. The number of ether oxygens (including phenoxy) is 2. The highest BCUT2D eigenvalue weighted by molar-refractivity contribution is 5.99. The average Bonchev–Trinajstić information content (AvgIpc) is 2.65. The Morgan fingerprint density at radius 3 is 2.15 bits per heavy atom. The third kappa shape index (κ3) is 6.00. The van der Waals surface area contributed by atoms with Crippen LogP contribution in [0.2, 0.25) is 0 Å². The van der Waals surface area contributed by atoms with Crippen molar-refractivity contribution < 1.29 is 14.3 Å². The monoisotopic (exact) mass is 363 g/mol. The first-order valence-electron chi connectivity index (χ1n) is 9.01. The first kappa shape index (κ1) is 20.3. The van der Waals surface area contributed by atoms with E-state index in [4.69, 9.17) is 9.47 Å². The van der Waals surface area contributed by atoms with Crippen LogP contribution < -0.4 is 9.47 Å². The van der Waals surface area contributed by atoms with E-state index in [1.165, 1.54) is 6.08 Å². The third-order valence-electron chi connectivity index (χ3n) is 3.94. The molecule has 0 amide bonds. The molecular weight excluding hydrogens is 338 g/mol. The lowest BCUT2D eigenvalue weighted by molar-refractivity contribution is -0.129. The van der Waals surface area contributed by atoms with Crippen LogP contribution in [0, 0.1) is 11.3 Å². The summed E-state index contributed by atoms with van der Waals surface area (Å²) in [6.07, 6.45) is 2.44. The Balaban J connectivity index is 2.09. The minimum absolute atomic E-state index is 0.0211. The molecule has 0 bridgehead atoms. The molecule has 140 valence electrons. The Kier molecular flexibility index (Phi) is 6.79. The van der Waals surface area contributed by atoms with Crippen molar-refractivity contribution in [3.8, 4) is 17.6 Å². The van der Waals surface area contributed by atoms with Crippen molar-refractivity contribution in [1.82, 2.24) is 0 Å². The van der Waals surface area contributed by atoms with Crippen molar-refractivity contribution in [2.75, 3.05) is 6.61 Å². The number of rotatable bonds is 6. The maximum Gasteiger partial charge on any atom is 0.354 e. The fourth-order valence-electron chi connectivity index (χ4n) is 2.37. The number of nitriles is 1. The predicted molar refractivity (Wildman–Crippen MR) is 107 cm³/mol. The van der Waals surface area contributed by atoms with E-state index in [2.05, 4.69) is 20.8 Å². The standard InChI is InChI=1S/C23H25NO3/c1-5-14-26-20-10-6-17(7-11-20)15-18(16-24)22(25)27-21-12-8-19(9-13-21)23(2,3)4/h6-13,15H,5,14H2,1-4H3/b18-15+. The van der Waals surface area contributed by atoms with Crippen LogP contribution in [0.5, 0.6) is 11.5 Å². The predicted octanol–water partition coefficient (Wildman–Crippen LogP) is 5.29. The maximum atomic E-state index is 12.3. The van der Waals surface area contributed by atoms with E-state index in [0.717, 1.165) is 23.3 Å². The molecule has 0 aromatic heterocycles. The van der Waals surface area contributed by atoms with Crippen molar-refractivity contribution in [3.05, 3.63) is 65.2 Å². The van der Waals surface area contributed by atoms with Crippen LogP contribution in [-0.4, -0.2) is 12.6 Å². The number of hydrogen-bond donors (Lipinski definition) is 0. The van der Waals surface area contributed by atoms with Crippen LogP contribution in [0.1, 0.15) is 45.2 Å². The molecule has 2 aromatic rings. The molecule has 0 aliphatic carbocycles. The van der Waals surface area contributed by atoms with Crippen LogP contribution in [-0.2, 0) is 10.2 Å². The highest BCUT2D eigenvalue weighted by atomic mass is 16.5. The van der Waals surface area contributed by atoms with Crippen molar-refractivity contribution >= 4 is 12.0 Å². The van der Waals surface area contributed by atoms with Gasteiger partial charge < -0.3 is 9.47 Å². The zero-order chi connectivity index (χ0) is 19.9. The average molecular weight is 363 g/mol. The molecule has 0 fully saturated rings. The van der Waals surface area contributed by atoms with Crippen LogP contribution in [0.25, 0.3) is 6.08 Å². The van der Waals surface area contributed by atoms with Gasteiger partial charge in [0.25, 0.3) is 0 Å². The summed E-state index contributed by atoms with van der Waals surface area (Å²) in [5, 5.41) is 9.31. The molecule has 27 heavy (non-hydrogen) atoms. The summed E-state index contributed by atoms with van der Waals surface area (Å²) >= 11 is 0. The second-order valence-electron chi connectivity index (χ2n) is 7.25. The molecule has 0 aliphatic rings. The number of benzene rings is 2. The van der Waals surface area contributed by atoms with Gasteiger partial charge in [-0.15, -0.1) is 0 Å². The normalized spacial score (nSPS) is 11.6. The van der Waals surface area contributed by atoms with E-state index in [-0.39, 0.29) is 11.0 Å². The van der Waals surface area contributed by atoms with Gasteiger partial charge in [0.15, 0.2) is 0 Å². The molecule has 0 unspecified atom stereocenters. The van der Waals surface area contributed by atoms with Gasteiger partial charge in [0.2, 0.25) is 0 Å². The van der Waals surface area contributed by atoms with Gasteiger partial charge >= 0.3 is 5.97 Å². The van der Waals surface area contributed by atoms with Crippen molar-refractivity contribution in [2.24, 2.45) is 0 Å². The number of hydrogen-bond acceptors (Lipinski definition) is 4. The zero-order valence-electron chi connectivity index (χ0n) is 16.3. The Morgan fingerprint density at radius 2 is 1.63 bits per heavy atom. The quantitative estimate of drug-likeness (QED) is 0.303. The second kappa shape index (κ2) is 9.05.